The van der Waals surface area contributed by atoms with E-state index in [4.69, 9.17) is 0 Å². The summed E-state index contributed by atoms with van der Waals surface area (Å²) < 4.78 is 4.45. The van der Waals surface area contributed by atoms with Crippen molar-refractivity contribution >= 4 is 5.95 Å². The van der Waals surface area contributed by atoms with Gasteiger partial charge in [0.1, 0.15) is 11.6 Å². The Labute approximate surface area is 160 Å². The van der Waals surface area contributed by atoms with Gasteiger partial charge >= 0.3 is 0 Å². The van der Waals surface area contributed by atoms with E-state index in [2.05, 4.69) is 60.4 Å². The van der Waals surface area contributed by atoms with E-state index in [0.29, 0.717) is 0 Å². The molecule has 1 aliphatic heterocycles. The maximum Gasteiger partial charge on any atom is 0.227 e. The summed E-state index contributed by atoms with van der Waals surface area (Å²) in [5.74, 6) is 3.12. The molecule has 6 heteroatoms. The molecular weight excluding hydrogens is 336 g/mol. The number of benzene rings is 1. The van der Waals surface area contributed by atoms with Crippen LogP contribution in [-0.4, -0.2) is 37.4 Å². The standard InChI is InChI=1S/C21H28N6/c1-3-27-20(11-15-25-16-12-22-17(25)2)23-24-21(27)26-13-6-9-18-7-4-5-8-19(18)10-14-26/h4-5,7-8,12,16H,3,6,9-11,13-15H2,1-2H3. The number of rotatable bonds is 5. The summed E-state index contributed by atoms with van der Waals surface area (Å²) in [5.41, 5.74) is 2.98. The number of imidazole rings is 1. The zero-order chi connectivity index (χ0) is 18.6. The van der Waals surface area contributed by atoms with Crippen LogP contribution >= 0.6 is 0 Å². The summed E-state index contributed by atoms with van der Waals surface area (Å²) in [7, 11) is 0. The zero-order valence-corrected chi connectivity index (χ0v) is 16.3. The second kappa shape index (κ2) is 7.94. The van der Waals surface area contributed by atoms with E-state index in [0.717, 1.165) is 69.5 Å². The van der Waals surface area contributed by atoms with Crippen LogP contribution in [0.4, 0.5) is 5.95 Å². The number of anilines is 1. The lowest BCUT2D eigenvalue weighted by atomic mass is 9.98. The summed E-state index contributed by atoms with van der Waals surface area (Å²) in [6.45, 7) is 8.03. The van der Waals surface area contributed by atoms with Gasteiger partial charge < -0.3 is 9.47 Å². The average molecular weight is 364 g/mol. The summed E-state index contributed by atoms with van der Waals surface area (Å²) in [4.78, 5) is 6.71. The van der Waals surface area contributed by atoms with Crippen LogP contribution in [0.15, 0.2) is 36.7 Å². The SMILES string of the molecule is CCn1c(CCn2ccnc2C)nnc1N1CCCc2ccccc2CC1. The second-order valence-electron chi connectivity index (χ2n) is 7.19. The predicted molar refractivity (Wildman–Crippen MR) is 107 cm³/mol. The van der Waals surface area contributed by atoms with Crippen molar-refractivity contribution in [1.29, 1.82) is 0 Å². The minimum Gasteiger partial charge on any atom is -0.341 e. The fraction of sp³-hybridized carbons (Fsp3) is 0.476. The van der Waals surface area contributed by atoms with E-state index in [1.807, 2.05) is 19.3 Å². The molecule has 0 fully saturated rings. The monoisotopic (exact) mass is 364 g/mol. The summed E-state index contributed by atoms with van der Waals surface area (Å²) in [6, 6.07) is 8.84. The first kappa shape index (κ1) is 17.8. The maximum atomic E-state index is 4.58. The van der Waals surface area contributed by atoms with Crippen molar-refractivity contribution < 1.29 is 0 Å². The van der Waals surface area contributed by atoms with Crippen LogP contribution in [0.1, 0.15) is 36.1 Å². The van der Waals surface area contributed by atoms with Crippen LogP contribution in [0.5, 0.6) is 0 Å². The van der Waals surface area contributed by atoms with Gasteiger partial charge in [0.25, 0.3) is 0 Å². The molecule has 0 saturated carbocycles. The van der Waals surface area contributed by atoms with Gasteiger partial charge in [-0.1, -0.05) is 24.3 Å². The van der Waals surface area contributed by atoms with E-state index in [9.17, 15) is 0 Å². The number of aryl methyl sites for hydroxylation is 4. The molecule has 2 aromatic heterocycles. The molecule has 0 bridgehead atoms. The Kier molecular flexibility index (Phi) is 5.23. The van der Waals surface area contributed by atoms with Crippen molar-refractivity contribution in [2.75, 3.05) is 18.0 Å². The summed E-state index contributed by atoms with van der Waals surface area (Å²) in [5, 5.41) is 9.10. The molecule has 6 nitrogen and oxygen atoms in total. The zero-order valence-electron chi connectivity index (χ0n) is 16.3. The van der Waals surface area contributed by atoms with Gasteiger partial charge in [-0.05, 0) is 44.2 Å². The Morgan fingerprint density at radius 2 is 1.85 bits per heavy atom. The molecule has 0 N–H and O–H groups in total. The van der Waals surface area contributed by atoms with Gasteiger partial charge in [0, 0.05) is 45.0 Å². The number of fused-ring (bicyclic) bond motifs is 1. The Hall–Kier alpha value is -2.63. The fourth-order valence-corrected chi connectivity index (χ4v) is 4.00. The Balaban J connectivity index is 1.50. The molecule has 27 heavy (non-hydrogen) atoms. The molecule has 4 rings (SSSR count). The smallest absolute Gasteiger partial charge is 0.227 e. The van der Waals surface area contributed by atoms with Gasteiger partial charge in [-0.3, -0.25) is 4.57 Å². The lowest BCUT2D eigenvalue weighted by Gasteiger charge is -2.27. The van der Waals surface area contributed by atoms with Crippen molar-refractivity contribution in [3.63, 3.8) is 0 Å². The molecule has 0 radical (unpaired) electrons. The maximum absolute atomic E-state index is 4.58. The van der Waals surface area contributed by atoms with Crippen LogP contribution in [0.25, 0.3) is 0 Å². The molecule has 142 valence electrons. The Morgan fingerprint density at radius 3 is 2.59 bits per heavy atom. The molecule has 3 heterocycles. The highest BCUT2D eigenvalue weighted by Crippen LogP contribution is 2.21. The molecule has 0 amide bonds. The van der Waals surface area contributed by atoms with Gasteiger partial charge in [-0.15, -0.1) is 10.2 Å². The van der Waals surface area contributed by atoms with E-state index in [1.165, 1.54) is 11.1 Å². The van der Waals surface area contributed by atoms with Crippen LogP contribution in [0, 0.1) is 6.92 Å². The highest BCUT2D eigenvalue weighted by molar-refractivity contribution is 5.35. The first-order chi connectivity index (χ1) is 13.3. The molecule has 0 atom stereocenters. The van der Waals surface area contributed by atoms with Gasteiger partial charge in [-0.25, -0.2) is 4.98 Å². The number of nitrogens with zero attached hydrogens (tertiary/aromatic N) is 6. The minimum absolute atomic E-state index is 0.870. The highest BCUT2D eigenvalue weighted by Gasteiger charge is 2.19. The van der Waals surface area contributed by atoms with Gasteiger partial charge in [0.05, 0.1) is 0 Å². The van der Waals surface area contributed by atoms with E-state index in [1.54, 1.807) is 0 Å². The molecule has 0 saturated heterocycles. The molecule has 3 aromatic rings. The molecule has 0 aliphatic carbocycles. The third-order valence-electron chi connectivity index (χ3n) is 5.55. The first-order valence-corrected chi connectivity index (χ1v) is 9.98. The molecule has 0 unspecified atom stereocenters. The molecule has 1 aromatic carbocycles. The van der Waals surface area contributed by atoms with Gasteiger partial charge in [0.15, 0.2) is 0 Å². The molecule has 0 spiro atoms. The summed E-state index contributed by atoms with van der Waals surface area (Å²) in [6.07, 6.45) is 8.10. The molecule has 1 aliphatic rings. The largest absolute Gasteiger partial charge is 0.341 e. The van der Waals surface area contributed by atoms with Crippen LogP contribution in [-0.2, 0) is 32.4 Å². The fourth-order valence-electron chi connectivity index (χ4n) is 4.00. The number of hydrogen-bond acceptors (Lipinski definition) is 4. The quantitative estimate of drug-likeness (QED) is 0.698. The lowest BCUT2D eigenvalue weighted by Crippen LogP contribution is -2.32. The lowest BCUT2D eigenvalue weighted by molar-refractivity contribution is 0.601. The van der Waals surface area contributed by atoms with Gasteiger partial charge in [0.2, 0.25) is 5.95 Å². The third kappa shape index (κ3) is 3.75. The van der Waals surface area contributed by atoms with Crippen LogP contribution < -0.4 is 4.90 Å². The average Bonchev–Trinajstić information content (AvgIpc) is 3.26. The second-order valence-corrected chi connectivity index (χ2v) is 7.19. The van der Waals surface area contributed by atoms with E-state index < -0.39 is 0 Å². The number of aromatic nitrogens is 5. The topological polar surface area (TPSA) is 51.8 Å². The van der Waals surface area contributed by atoms with Crippen molar-refractivity contribution in [1.82, 2.24) is 24.3 Å². The Morgan fingerprint density at radius 1 is 1.04 bits per heavy atom. The summed E-state index contributed by atoms with van der Waals surface area (Å²) >= 11 is 0. The van der Waals surface area contributed by atoms with E-state index in [-0.39, 0.29) is 0 Å². The highest BCUT2D eigenvalue weighted by atomic mass is 15.4. The number of hydrogen-bond donors (Lipinski definition) is 0. The third-order valence-corrected chi connectivity index (χ3v) is 5.55. The van der Waals surface area contributed by atoms with Crippen molar-refractivity contribution in [3.8, 4) is 0 Å². The van der Waals surface area contributed by atoms with Crippen molar-refractivity contribution in [2.24, 2.45) is 0 Å². The predicted octanol–water partition coefficient (Wildman–Crippen LogP) is 3.04. The van der Waals surface area contributed by atoms with Crippen LogP contribution in [0.2, 0.25) is 0 Å². The van der Waals surface area contributed by atoms with Crippen LogP contribution in [0.3, 0.4) is 0 Å². The van der Waals surface area contributed by atoms with E-state index >= 15 is 0 Å². The first-order valence-electron chi connectivity index (χ1n) is 9.98. The molecular formula is C21H28N6. The minimum atomic E-state index is 0.870. The Bertz CT molecular complexity index is 894. The normalized spacial score (nSPS) is 14.7. The van der Waals surface area contributed by atoms with Crippen molar-refractivity contribution in [2.45, 2.75) is 52.6 Å². The van der Waals surface area contributed by atoms with Crippen molar-refractivity contribution in [3.05, 3.63) is 59.4 Å². The van der Waals surface area contributed by atoms with Gasteiger partial charge in [-0.2, -0.15) is 0 Å².